The fourth-order valence-corrected chi connectivity index (χ4v) is 2.97. The van der Waals surface area contributed by atoms with Crippen LogP contribution in [0.2, 0.25) is 0 Å². The molecule has 0 bridgehead atoms. The van der Waals surface area contributed by atoms with Gasteiger partial charge in [0.1, 0.15) is 0 Å². The number of unbranched alkanes of at least 4 members (excludes halogenated alkanes) is 7. The van der Waals surface area contributed by atoms with Crippen molar-refractivity contribution in [2.24, 2.45) is 5.92 Å². The average molecular weight is 255 g/mol. The minimum absolute atomic E-state index is 0.383. The van der Waals surface area contributed by atoms with Crippen LogP contribution in [0.1, 0.15) is 71.1 Å². The molecule has 0 amide bonds. The molecular weight excluding hydrogens is 222 g/mol. The third-order valence-electron chi connectivity index (χ3n) is 4.19. The van der Waals surface area contributed by atoms with Gasteiger partial charge in [0.15, 0.2) is 0 Å². The van der Waals surface area contributed by atoms with Crippen molar-refractivity contribution < 1.29 is 5.11 Å². The molecule has 1 heterocycles. The molecule has 0 aliphatic carbocycles. The van der Waals surface area contributed by atoms with Gasteiger partial charge >= 0.3 is 0 Å². The Morgan fingerprint density at radius 1 is 1.00 bits per heavy atom. The number of nitrogens with zero attached hydrogens (tertiary/aromatic N) is 1. The summed E-state index contributed by atoms with van der Waals surface area (Å²) < 4.78 is 0. The van der Waals surface area contributed by atoms with E-state index in [4.69, 9.17) is 0 Å². The number of aliphatic hydroxyl groups excluding tert-OH is 1. The van der Waals surface area contributed by atoms with Crippen LogP contribution in [-0.4, -0.2) is 36.2 Å². The van der Waals surface area contributed by atoms with Crippen LogP contribution >= 0.6 is 0 Å². The minimum Gasteiger partial charge on any atom is -0.396 e. The Bertz CT molecular complexity index is 184. The summed E-state index contributed by atoms with van der Waals surface area (Å²) in [4.78, 5) is 2.56. The fraction of sp³-hybridized carbons (Fsp3) is 1.00. The highest BCUT2D eigenvalue weighted by Gasteiger charge is 2.18. The van der Waals surface area contributed by atoms with Crippen LogP contribution in [0.4, 0.5) is 0 Å². The molecule has 2 nitrogen and oxygen atoms in total. The van der Waals surface area contributed by atoms with E-state index in [0.717, 1.165) is 6.54 Å². The number of aliphatic hydroxyl groups is 1. The van der Waals surface area contributed by atoms with Crippen LogP contribution in [0.25, 0.3) is 0 Å². The lowest BCUT2D eigenvalue weighted by molar-refractivity contribution is 0.119. The predicted octanol–water partition coefficient (Wildman–Crippen LogP) is 3.83. The van der Waals surface area contributed by atoms with Crippen LogP contribution < -0.4 is 0 Å². The van der Waals surface area contributed by atoms with Crippen LogP contribution in [0.5, 0.6) is 0 Å². The first-order chi connectivity index (χ1) is 8.86. The highest BCUT2D eigenvalue weighted by Crippen LogP contribution is 2.16. The van der Waals surface area contributed by atoms with Crippen LogP contribution in [0.15, 0.2) is 0 Å². The van der Waals surface area contributed by atoms with E-state index in [1.807, 2.05) is 0 Å². The Balaban J connectivity index is 1.88. The molecule has 0 radical (unpaired) electrons. The summed E-state index contributed by atoms with van der Waals surface area (Å²) in [6, 6.07) is 0. The van der Waals surface area contributed by atoms with E-state index >= 15 is 0 Å². The molecule has 18 heavy (non-hydrogen) atoms. The summed E-state index contributed by atoms with van der Waals surface area (Å²) in [7, 11) is 0. The van der Waals surface area contributed by atoms with E-state index in [1.165, 1.54) is 77.3 Å². The van der Waals surface area contributed by atoms with Crippen LogP contribution in [0, 0.1) is 5.92 Å². The summed E-state index contributed by atoms with van der Waals surface area (Å²) in [6.07, 6.45) is 13.7. The van der Waals surface area contributed by atoms with Crippen molar-refractivity contribution >= 4 is 0 Å². The van der Waals surface area contributed by atoms with E-state index < -0.39 is 0 Å². The maximum atomic E-state index is 9.19. The number of piperidine rings is 1. The molecule has 1 aliphatic rings. The second-order valence-corrected chi connectivity index (χ2v) is 5.97. The topological polar surface area (TPSA) is 23.5 Å². The van der Waals surface area contributed by atoms with Gasteiger partial charge in [-0.15, -0.1) is 0 Å². The quantitative estimate of drug-likeness (QED) is 0.600. The van der Waals surface area contributed by atoms with Gasteiger partial charge in [0, 0.05) is 13.2 Å². The molecule has 1 rings (SSSR count). The summed E-state index contributed by atoms with van der Waals surface area (Å²) in [5.74, 6) is 0.549. The van der Waals surface area contributed by atoms with Gasteiger partial charge < -0.3 is 10.0 Å². The largest absolute Gasteiger partial charge is 0.396 e. The minimum atomic E-state index is 0.383. The lowest BCUT2D eigenvalue weighted by atomic mass is 9.99. The molecule has 1 aliphatic heterocycles. The summed E-state index contributed by atoms with van der Waals surface area (Å²) in [5, 5.41) is 9.19. The first kappa shape index (κ1) is 16.0. The third-order valence-corrected chi connectivity index (χ3v) is 4.19. The van der Waals surface area contributed by atoms with Gasteiger partial charge in [0.25, 0.3) is 0 Å². The van der Waals surface area contributed by atoms with E-state index in [0.29, 0.717) is 12.5 Å². The van der Waals surface area contributed by atoms with E-state index in [1.54, 1.807) is 0 Å². The highest BCUT2D eigenvalue weighted by atomic mass is 16.3. The summed E-state index contributed by atoms with van der Waals surface area (Å²) in [5.41, 5.74) is 0. The van der Waals surface area contributed by atoms with Crippen molar-refractivity contribution in [3.8, 4) is 0 Å². The number of hydrogen-bond donors (Lipinski definition) is 1. The van der Waals surface area contributed by atoms with Crippen molar-refractivity contribution in [2.75, 3.05) is 26.2 Å². The second kappa shape index (κ2) is 10.8. The summed E-state index contributed by atoms with van der Waals surface area (Å²) >= 11 is 0. The Morgan fingerprint density at radius 2 is 1.67 bits per heavy atom. The molecule has 1 fully saturated rings. The maximum Gasteiger partial charge on any atom is 0.0471 e. The van der Waals surface area contributed by atoms with Crippen molar-refractivity contribution in [3.63, 3.8) is 0 Å². The molecule has 1 N–H and O–H groups in total. The normalized spacial score (nSPS) is 21.3. The first-order valence-electron chi connectivity index (χ1n) is 8.20. The lowest BCUT2D eigenvalue weighted by Gasteiger charge is -2.31. The average Bonchev–Trinajstić information content (AvgIpc) is 2.42. The number of likely N-dealkylation sites (tertiary alicyclic amines) is 1. The molecule has 0 aromatic carbocycles. The molecule has 0 aromatic heterocycles. The van der Waals surface area contributed by atoms with E-state index in [-0.39, 0.29) is 0 Å². The molecule has 0 spiro atoms. The van der Waals surface area contributed by atoms with Crippen molar-refractivity contribution in [1.29, 1.82) is 0 Å². The Morgan fingerprint density at radius 3 is 2.33 bits per heavy atom. The van der Waals surface area contributed by atoms with Gasteiger partial charge in [-0.05, 0) is 38.3 Å². The van der Waals surface area contributed by atoms with Gasteiger partial charge in [-0.25, -0.2) is 0 Å². The SMILES string of the molecule is CCCCCCCCCCN1CCCC(CO)C1. The number of hydrogen-bond acceptors (Lipinski definition) is 2. The molecule has 108 valence electrons. The second-order valence-electron chi connectivity index (χ2n) is 5.97. The smallest absolute Gasteiger partial charge is 0.0471 e. The maximum absolute atomic E-state index is 9.19. The van der Waals surface area contributed by atoms with Crippen LogP contribution in [-0.2, 0) is 0 Å². The van der Waals surface area contributed by atoms with Crippen LogP contribution in [0.3, 0.4) is 0 Å². The standard InChI is InChI=1S/C16H33NO/c1-2-3-4-5-6-7-8-9-12-17-13-10-11-16(14-17)15-18/h16,18H,2-15H2,1H3. The van der Waals surface area contributed by atoms with E-state index in [2.05, 4.69) is 11.8 Å². The molecule has 1 unspecified atom stereocenters. The predicted molar refractivity (Wildman–Crippen MR) is 78.9 cm³/mol. The van der Waals surface area contributed by atoms with Crippen molar-refractivity contribution in [3.05, 3.63) is 0 Å². The summed E-state index contributed by atoms with van der Waals surface area (Å²) in [6.45, 7) is 6.30. The van der Waals surface area contributed by atoms with Gasteiger partial charge in [0.05, 0.1) is 0 Å². The zero-order valence-electron chi connectivity index (χ0n) is 12.4. The zero-order valence-corrected chi connectivity index (χ0v) is 12.4. The first-order valence-corrected chi connectivity index (χ1v) is 8.20. The molecular formula is C16H33NO. The lowest BCUT2D eigenvalue weighted by Crippen LogP contribution is -2.37. The Hall–Kier alpha value is -0.0800. The number of rotatable bonds is 10. The Labute approximate surface area is 114 Å². The van der Waals surface area contributed by atoms with Crippen molar-refractivity contribution in [2.45, 2.75) is 71.1 Å². The zero-order chi connectivity index (χ0) is 13.1. The van der Waals surface area contributed by atoms with Crippen molar-refractivity contribution in [1.82, 2.24) is 4.90 Å². The van der Waals surface area contributed by atoms with Gasteiger partial charge in [-0.2, -0.15) is 0 Å². The van der Waals surface area contributed by atoms with Gasteiger partial charge in [0.2, 0.25) is 0 Å². The van der Waals surface area contributed by atoms with E-state index in [9.17, 15) is 5.11 Å². The highest BCUT2D eigenvalue weighted by molar-refractivity contribution is 4.72. The molecule has 1 saturated heterocycles. The fourth-order valence-electron chi connectivity index (χ4n) is 2.97. The van der Waals surface area contributed by atoms with Gasteiger partial charge in [-0.3, -0.25) is 0 Å². The molecule has 0 saturated carbocycles. The Kier molecular flexibility index (Phi) is 9.59. The molecule has 0 aromatic rings. The molecule has 2 heteroatoms. The monoisotopic (exact) mass is 255 g/mol. The van der Waals surface area contributed by atoms with Gasteiger partial charge in [-0.1, -0.05) is 51.9 Å². The molecule has 1 atom stereocenters. The third kappa shape index (κ3) is 7.38.